The normalized spacial score (nSPS) is 9.95. The van der Waals surface area contributed by atoms with Crippen molar-refractivity contribution in [3.05, 3.63) is 35.9 Å². The van der Waals surface area contributed by atoms with E-state index in [2.05, 4.69) is 10.6 Å². The molecule has 0 saturated carbocycles. The Morgan fingerprint density at radius 1 is 1.10 bits per heavy atom. The summed E-state index contributed by atoms with van der Waals surface area (Å²) in [4.78, 5) is 22.7. The van der Waals surface area contributed by atoms with Crippen LogP contribution in [0.3, 0.4) is 0 Å². The molecule has 0 aliphatic carbocycles. The summed E-state index contributed by atoms with van der Waals surface area (Å²) in [5, 5.41) is 5.48. The Balaban J connectivity index is 2.00. The number of benzene rings is 1. The van der Waals surface area contributed by atoms with Gasteiger partial charge in [-0.1, -0.05) is 37.3 Å². The summed E-state index contributed by atoms with van der Waals surface area (Å²) in [5.74, 6) is 0.00894. The zero-order chi connectivity index (χ0) is 15.3. The fraction of sp³-hybridized carbons (Fsp3) is 0.500. The molecule has 5 nitrogen and oxygen atoms in total. The monoisotopic (exact) mass is 292 g/mol. The maximum atomic E-state index is 11.6. The van der Waals surface area contributed by atoms with Crippen molar-refractivity contribution in [3.63, 3.8) is 0 Å². The Labute approximate surface area is 126 Å². The minimum absolute atomic E-state index is 0.00894. The highest BCUT2D eigenvalue weighted by atomic mass is 16.5. The zero-order valence-electron chi connectivity index (χ0n) is 12.6. The molecule has 116 valence electrons. The molecule has 0 saturated heterocycles. The molecule has 0 aliphatic rings. The highest BCUT2D eigenvalue weighted by Gasteiger charge is 2.03. The molecule has 0 aromatic heterocycles. The maximum absolute atomic E-state index is 11.6. The van der Waals surface area contributed by atoms with E-state index >= 15 is 0 Å². The molecule has 0 bridgehead atoms. The summed E-state index contributed by atoms with van der Waals surface area (Å²) in [6, 6.07) is 10.0. The average Bonchev–Trinajstić information content (AvgIpc) is 2.50. The van der Waals surface area contributed by atoms with Crippen LogP contribution in [0.25, 0.3) is 0 Å². The van der Waals surface area contributed by atoms with Crippen LogP contribution in [0, 0.1) is 0 Å². The second kappa shape index (κ2) is 10.7. The molecule has 0 fully saturated rings. The first-order valence-electron chi connectivity index (χ1n) is 7.43. The third-order valence-corrected chi connectivity index (χ3v) is 2.87. The standard InChI is InChI=1S/C16H24N2O3/c1-2-13-21-16(20)18-11-6-9-15(19)17-12-10-14-7-4-3-5-8-14/h3-5,7-8H,2,6,9-13H2,1H3,(H,17,19)(H,18,20). The van der Waals surface area contributed by atoms with E-state index in [1.165, 1.54) is 5.56 Å². The van der Waals surface area contributed by atoms with Gasteiger partial charge in [0.2, 0.25) is 5.91 Å². The Kier molecular flexibility index (Phi) is 8.68. The highest BCUT2D eigenvalue weighted by molar-refractivity contribution is 5.75. The van der Waals surface area contributed by atoms with Crippen molar-refractivity contribution in [2.24, 2.45) is 0 Å². The van der Waals surface area contributed by atoms with Crippen molar-refractivity contribution in [2.45, 2.75) is 32.6 Å². The van der Waals surface area contributed by atoms with Crippen molar-refractivity contribution in [2.75, 3.05) is 19.7 Å². The van der Waals surface area contributed by atoms with Crippen molar-refractivity contribution >= 4 is 12.0 Å². The number of amides is 2. The smallest absolute Gasteiger partial charge is 0.407 e. The lowest BCUT2D eigenvalue weighted by molar-refractivity contribution is -0.121. The van der Waals surface area contributed by atoms with Crippen LogP contribution in [-0.4, -0.2) is 31.7 Å². The third kappa shape index (κ3) is 8.68. The number of carbonyl (C=O) groups excluding carboxylic acids is 2. The van der Waals surface area contributed by atoms with Gasteiger partial charge >= 0.3 is 6.09 Å². The summed E-state index contributed by atoms with van der Waals surface area (Å²) in [7, 11) is 0. The van der Waals surface area contributed by atoms with Crippen molar-refractivity contribution in [1.82, 2.24) is 10.6 Å². The molecule has 1 aromatic rings. The molecule has 1 rings (SSSR count). The molecule has 21 heavy (non-hydrogen) atoms. The number of carbonyl (C=O) groups is 2. The number of hydrogen-bond donors (Lipinski definition) is 2. The van der Waals surface area contributed by atoms with E-state index in [-0.39, 0.29) is 5.91 Å². The lowest BCUT2D eigenvalue weighted by Crippen LogP contribution is -2.29. The van der Waals surface area contributed by atoms with Crippen molar-refractivity contribution < 1.29 is 14.3 Å². The molecule has 0 radical (unpaired) electrons. The third-order valence-electron chi connectivity index (χ3n) is 2.87. The minimum Gasteiger partial charge on any atom is -0.450 e. The number of alkyl carbamates (subject to hydrolysis) is 1. The number of rotatable bonds is 9. The zero-order valence-corrected chi connectivity index (χ0v) is 12.6. The molecule has 0 unspecified atom stereocenters. The molecule has 1 aromatic carbocycles. The van der Waals surface area contributed by atoms with Crippen LogP contribution in [0.15, 0.2) is 30.3 Å². The largest absolute Gasteiger partial charge is 0.450 e. The second-order valence-electron chi connectivity index (χ2n) is 4.75. The van der Waals surface area contributed by atoms with Crippen LogP contribution >= 0.6 is 0 Å². The van der Waals surface area contributed by atoms with E-state index in [1.807, 2.05) is 37.3 Å². The number of ether oxygens (including phenoxy) is 1. The van der Waals surface area contributed by atoms with Crippen molar-refractivity contribution in [1.29, 1.82) is 0 Å². The Morgan fingerprint density at radius 3 is 2.57 bits per heavy atom. The second-order valence-corrected chi connectivity index (χ2v) is 4.75. The summed E-state index contributed by atoms with van der Waals surface area (Å²) in [6.07, 6.45) is 2.23. The highest BCUT2D eigenvalue weighted by Crippen LogP contribution is 1.98. The van der Waals surface area contributed by atoms with Gasteiger partial charge in [-0.25, -0.2) is 4.79 Å². The SMILES string of the molecule is CCCOC(=O)NCCCC(=O)NCCc1ccccc1. The van der Waals surface area contributed by atoms with Crippen LogP contribution in [0.1, 0.15) is 31.7 Å². The number of hydrogen-bond acceptors (Lipinski definition) is 3. The minimum atomic E-state index is -0.415. The van der Waals surface area contributed by atoms with E-state index in [0.717, 1.165) is 12.8 Å². The van der Waals surface area contributed by atoms with Gasteiger partial charge in [-0.15, -0.1) is 0 Å². The predicted octanol–water partition coefficient (Wildman–Crippen LogP) is 2.26. The van der Waals surface area contributed by atoms with Gasteiger partial charge in [-0.05, 0) is 24.8 Å². The van der Waals surface area contributed by atoms with Gasteiger partial charge in [-0.2, -0.15) is 0 Å². The van der Waals surface area contributed by atoms with Crippen LogP contribution in [-0.2, 0) is 16.0 Å². The molecule has 2 N–H and O–H groups in total. The summed E-state index contributed by atoms with van der Waals surface area (Å²) >= 11 is 0. The van der Waals surface area contributed by atoms with Crippen LogP contribution in [0.5, 0.6) is 0 Å². The summed E-state index contributed by atoms with van der Waals surface area (Å²) < 4.78 is 4.86. The lowest BCUT2D eigenvalue weighted by Gasteiger charge is -2.07. The fourth-order valence-electron chi connectivity index (χ4n) is 1.76. The van der Waals surface area contributed by atoms with Gasteiger partial charge < -0.3 is 15.4 Å². The first-order chi connectivity index (χ1) is 10.2. The summed E-state index contributed by atoms with van der Waals surface area (Å²) in [5.41, 5.74) is 1.21. The van der Waals surface area contributed by atoms with Crippen LogP contribution in [0.2, 0.25) is 0 Å². The van der Waals surface area contributed by atoms with Gasteiger partial charge in [0.05, 0.1) is 6.61 Å². The maximum Gasteiger partial charge on any atom is 0.407 e. The van der Waals surface area contributed by atoms with E-state index in [4.69, 9.17) is 4.74 Å². The van der Waals surface area contributed by atoms with Gasteiger partial charge in [0, 0.05) is 19.5 Å². The fourth-order valence-corrected chi connectivity index (χ4v) is 1.76. The van der Waals surface area contributed by atoms with E-state index in [0.29, 0.717) is 32.5 Å². The summed E-state index contributed by atoms with van der Waals surface area (Å²) in [6.45, 7) is 3.45. The van der Waals surface area contributed by atoms with Crippen LogP contribution < -0.4 is 10.6 Å². The molecule has 0 spiro atoms. The average molecular weight is 292 g/mol. The Morgan fingerprint density at radius 2 is 1.86 bits per heavy atom. The van der Waals surface area contributed by atoms with E-state index in [9.17, 15) is 9.59 Å². The molecule has 0 aliphatic heterocycles. The van der Waals surface area contributed by atoms with Gasteiger partial charge in [0.15, 0.2) is 0 Å². The Bertz CT molecular complexity index is 421. The topological polar surface area (TPSA) is 67.4 Å². The van der Waals surface area contributed by atoms with Gasteiger partial charge in [0.1, 0.15) is 0 Å². The quantitative estimate of drug-likeness (QED) is 0.686. The molecular weight excluding hydrogens is 268 g/mol. The number of nitrogens with one attached hydrogen (secondary N) is 2. The predicted molar refractivity (Wildman–Crippen MR) is 82.0 cm³/mol. The van der Waals surface area contributed by atoms with Crippen molar-refractivity contribution in [3.8, 4) is 0 Å². The van der Waals surface area contributed by atoms with Gasteiger partial charge in [0.25, 0.3) is 0 Å². The van der Waals surface area contributed by atoms with E-state index in [1.54, 1.807) is 0 Å². The van der Waals surface area contributed by atoms with E-state index < -0.39 is 6.09 Å². The Hall–Kier alpha value is -2.04. The lowest BCUT2D eigenvalue weighted by atomic mass is 10.1. The molecule has 5 heteroatoms. The van der Waals surface area contributed by atoms with Crippen LogP contribution in [0.4, 0.5) is 4.79 Å². The molecular formula is C16H24N2O3. The molecule has 2 amide bonds. The first kappa shape index (κ1) is 17.0. The first-order valence-corrected chi connectivity index (χ1v) is 7.43. The molecule has 0 heterocycles. The molecule has 0 atom stereocenters. The van der Waals surface area contributed by atoms with Gasteiger partial charge in [-0.3, -0.25) is 4.79 Å².